The predicted octanol–water partition coefficient (Wildman–Crippen LogP) is 3.92. The van der Waals surface area contributed by atoms with E-state index in [2.05, 4.69) is 43.0 Å². The van der Waals surface area contributed by atoms with Gasteiger partial charge in [0.25, 0.3) is 0 Å². The second-order valence-electron chi connectivity index (χ2n) is 9.12. The molecule has 1 heterocycles. The molecule has 4 heteroatoms. The number of benzene rings is 1. The molecule has 4 rings (SSSR count). The van der Waals surface area contributed by atoms with Crippen molar-refractivity contribution < 1.29 is 14.3 Å². The van der Waals surface area contributed by atoms with Crippen molar-refractivity contribution in [3.8, 4) is 0 Å². The molecule has 1 saturated heterocycles. The maximum Gasteiger partial charge on any atom is 0.225 e. The van der Waals surface area contributed by atoms with Gasteiger partial charge in [0.05, 0.1) is 6.10 Å². The minimum atomic E-state index is -0.309. The number of carbonyl (C=O) groups is 1. The number of nitrogens with zero attached hydrogens (tertiary/aromatic N) is 1. The number of piperidine rings is 1. The van der Waals surface area contributed by atoms with Crippen molar-refractivity contribution in [1.82, 2.24) is 4.90 Å². The molecule has 148 valence electrons. The highest BCUT2D eigenvalue weighted by molar-refractivity contribution is 5.80. The Balaban J connectivity index is 1.63. The van der Waals surface area contributed by atoms with Crippen molar-refractivity contribution in [2.45, 2.75) is 70.1 Å². The molecule has 0 aromatic heterocycles. The third-order valence-electron chi connectivity index (χ3n) is 7.81. The third kappa shape index (κ3) is 2.75. The fraction of sp³-hybridized carbons (Fsp3) is 0.696. The van der Waals surface area contributed by atoms with Gasteiger partial charge in [0.2, 0.25) is 5.91 Å². The van der Waals surface area contributed by atoms with Gasteiger partial charge in [-0.15, -0.1) is 0 Å². The number of methoxy groups -OCH3 is 2. The van der Waals surface area contributed by atoms with E-state index in [-0.39, 0.29) is 23.0 Å². The molecule has 2 aliphatic carbocycles. The number of likely N-dealkylation sites (tertiary alicyclic amines) is 1. The van der Waals surface area contributed by atoms with E-state index in [1.807, 2.05) is 7.11 Å². The summed E-state index contributed by atoms with van der Waals surface area (Å²) in [5, 5.41) is 0. The van der Waals surface area contributed by atoms with Crippen LogP contribution in [-0.2, 0) is 26.3 Å². The standard InChI is InChI=1S/C23H33NO3/c1-22(2)20-15-17-7-5-6-8-19(17)23(22,27-4)13-14-24(20)21(25)16-9-11-18(26-3)12-10-16/h5-8,16,18,20H,9-15H2,1-4H3. The molecule has 1 aliphatic heterocycles. The smallest absolute Gasteiger partial charge is 0.225 e. The number of hydrogen-bond acceptors (Lipinski definition) is 3. The Bertz CT molecular complexity index is 707. The highest BCUT2D eigenvalue weighted by Crippen LogP contribution is 2.56. The third-order valence-corrected chi connectivity index (χ3v) is 7.81. The first-order valence-corrected chi connectivity index (χ1v) is 10.4. The van der Waals surface area contributed by atoms with Crippen LogP contribution in [0, 0.1) is 11.3 Å². The average Bonchev–Trinajstić information content (AvgIpc) is 2.68. The molecule has 1 aromatic carbocycles. The van der Waals surface area contributed by atoms with Crippen LogP contribution in [0.1, 0.15) is 57.1 Å². The molecule has 2 fully saturated rings. The summed E-state index contributed by atoms with van der Waals surface area (Å²) in [6.45, 7) is 5.37. The molecule has 0 spiro atoms. The predicted molar refractivity (Wildman–Crippen MR) is 105 cm³/mol. The number of hydrogen-bond donors (Lipinski definition) is 0. The van der Waals surface area contributed by atoms with Crippen LogP contribution in [0.25, 0.3) is 0 Å². The normalized spacial score (nSPS) is 34.8. The SMILES string of the molecule is COC1CCC(C(=O)N2CCC3(OC)c4ccccc4CC2C3(C)C)CC1. The van der Waals surface area contributed by atoms with Crippen LogP contribution in [0.3, 0.4) is 0 Å². The Morgan fingerprint density at radius 2 is 1.81 bits per heavy atom. The van der Waals surface area contributed by atoms with Gasteiger partial charge < -0.3 is 14.4 Å². The summed E-state index contributed by atoms with van der Waals surface area (Å²) in [5.74, 6) is 0.506. The van der Waals surface area contributed by atoms with Gasteiger partial charge in [0.15, 0.2) is 0 Å². The quantitative estimate of drug-likeness (QED) is 0.808. The van der Waals surface area contributed by atoms with E-state index < -0.39 is 0 Å². The molecule has 0 radical (unpaired) electrons. The van der Waals surface area contributed by atoms with Gasteiger partial charge in [-0.1, -0.05) is 38.1 Å². The number of carbonyl (C=O) groups excluding carboxylic acids is 1. The number of amides is 1. The first-order valence-electron chi connectivity index (χ1n) is 10.4. The van der Waals surface area contributed by atoms with Crippen molar-refractivity contribution >= 4 is 5.91 Å². The maximum absolute atomic E-state index is 13.5. The molecule has 2 unspecified atom stereocenters. The molecule has 4 nitrogen and oxygen atoms in total. The molecule has 3 aliphatic rings. The molecule has 1 saturated carbocycles. The Morgan fingerprint density at radius 1 is 1.11 bits per heavy atom. The van der Waals surface area contributed by atoms with Gasteiger partial charge in [-0.3, -0.25) is 4.79 Å². The molecule has 1 amide bonds. The Labute approximate surface area is 163 Å². The minimum Gasteiger partial charge on any atom is -0.381 e. The molecular formula is C23H33NO3. The van der Waals surface area contributed by atoms with Gasteiger partial charge in [-0.05, 0) is 49.7 Å². The zero-order chi connectivity index (χ0) is 19.2. The van der Waals surface area contributed by atoms with Crippen LogP contribution < -0.4 is 0 Å². The van der Waals surface area contributed by atoms with Crippen LogP contribution in [0.5, 0.6) is 0 Å². The molecule has 27 heavy (non-hydrogen) atoms. The number of ether oxygens (including phenoxy) is 2. The lowest BCUT2D eigenvalue weighted by atomic mass is 9.56. The van der Waals surface area contributed by atoms with E-state index in [9.17, 15) is 4.79 Å². The van der Waals surface area contributed by atoms with Gasteiger partial charge in [0, 0.05) is 38.1 Å². The first-order chi connectivity index (χ1) is 12.9. The lowest BCUT2D eigenvalue weighted by Gasteiger charge is -2.61. The Morgan fingerprint density at radius 3 is 2.48 bits per heavy atom. The summed E-state index contributed by atoms with van der Waals surface area (Å²) in [6, 6.07) is 8.84. The molecule has 0 N–H and O–H groups in total. The largest absolute Gasteiger partial charge is 0.381 e. The number of fused-ring (bicyclic) bond motifs is 4. The lowest BCUT2D eigenvalue weighted by molar-refractivity contribution is -0.192. The molecule has 2 atom stereocenters. The fourth-order valence-corrected chi connectivity index (χ4v) is 6.08. The molecular weight excluding hydrogens is 338 g/mol. The van der Waals surface area contributed by atoms with Gasteiger partial charge in [0.1, 0.15) is 5.60 Å². The van der Waals surface area contributed by atoms with E-state index in [4.69, 9.17) is 9.47 Å². The van der Waals surface area contributed by atoms with Crippen LogP contribution in [0.2, 0.25) is 0 Å². The van der Waals surface area contributed by atoms with Crippen molar-refractivity contribution in [3.63, 3.8) is 0 Å². The fourth-order valence-electron chi connectivity index (χ4n) is 6.08. The van der Waals surface area contributed by atoms with Crippen LogP contribution in [-0.4, -0.2) is 43.7 Å². The van der Waals surface area contributed by atoms with Crippen molar-refractivity contribution in [1.29, 1.82) is 0 Å². The highest BCUT2D eigenvalue weighted by Gasteiger charge is 2.60. The molecule has 2 bridgehead atoms. The van der Waals surface area contributed by atoms with E-state index >= 15 is 0 Å². The topological polar surface area (TPSA) is 38.8 Å². The van der Waals surface area contributed by atoms with E-state index in [1.165, 1.54) is 11.1 Å². The maximum atomic E-state index is 13.5. The monoisotopic (exact) mass is 371 g/mol. The summed E-state index contributed by atoms with van der Waals surface area (Å²) in [7, 11) is 3.62. The molecule has 1 aromatic rings. The van der Waals surface area contributed by atoms with Crippen LogP contribution >= 0.6 is 0 Å². The minimum absolute atomic E-state index is 0.117. The first kappa shape index (κ1) is 18.9. The van der Waals surface area contributed by atoms with E-state index in [1.54, 1.807) is 7.11 Å². The Kier molecular flexibility index (Phi) is 4.84. The van der Waals surface area contributed by atoms with Crippen LogP contribution in [0.4, 0.5) is 0 Å². The van der Waals surface area contributed by atoms with E-state index in [0.29, 0.717) is 12.0 Å². The van der Waals surface area contributed by atoms with Crippen molar-refractivity contribution in [2.75, 3.05) is 20.8 Å². The van der Waals surface area contributed by atoms with Crippen molar-refractivity contribution in [3.05, 3.63) is 35.4 Å². The summed E-state index contributed by atoms with van der Waals surface area (Å²) in [6.07, 6.45) is 6.02. The van der Waals surface area contributed by atoms with Gasteiger partial charge in [-0.2, -0.15) is 0 Å². The summed E-state index contributed by atoms with van der Waals surface area (Å²) >= 11 is 0. The lowest BCUT2D eigenvalue weighted by Crippen LogP contribution is -2.67. The average molecular weight is 372 g/mol. The van der Waals surface area contributed by atoms with E-state index in [0.717, 1.165) is 45.1 Å². The van der Waals surface area contributed by atoms with Gasteiger partial charge >= 0.3 is 0 Å². The van der Waals surface area contributed by atoms with Crippen molar-refractivity contribution in [2.24, 2.45) is 11.3 Å². The zero-order valence-corrected chi connectivity index (χ0v) is 17.2. The zero-order valence-electron chi connectivity index (χ0n) is 17.2. The Hall–Kier alpha value is -1.39. The van der Waals surface area contributed by atoms with Gasteiger partial charge in [-0.25, -0.2) is 0 Å². The summed E-state index contributed by atoms with van der Waals surface area (Å²) in [5.41, 5.74) is 2.23. The second-order valence-corrected chi connectivity index (χ2v) is 9.12. The number of rotatable bonds is 3. The van der Waals surface area contributed by atoms with Crippen LogP contribution in [0.15, 0.2) is 24.3 Å². The second kappa shape index (κ2) is 6.89. The highest BCUT2D eigenvalue weighted by atomic mass is 16.5. The summed E-state index contributed by atoms with van der Waals surface area (Å²) < 4.78 is 11.7. The summed E-state index contributed by atoms with van der Waals surface area (Å²) in [4.78, 5) is 15.7.